The average molecular weight is 312 g/mol. The molecule has 0 saturated carbocycles. The van der Waals surface area contributed by atoms with Gasteiger partial charge in [-0.3, -0.25) is 0 Å². The Morgan fingerprint density at radius 1 is 1.44 bits per heavy atom. The maximum absolute atomic E-state index is 11.0. The minimum absolute atomic E-state index is 0.0989. The molecule has 0 amide bonds. The molecular formula is C12H10BrNO4. The quantitative estimate of drug-likeness (QED) is 0.939. The van der Waals surface area contributed by atoms with Gasteiger partial charge in [0.25, 0.3) is 0 Å². The molecule has 2 aromatic rings. The summed E-state index contributed by atoms with van der Waals surface area (Å²) in [7, 11) is 1.47. The largest absolute Gasteiger partial charge is 0.475 e. The van der Waals surface area contributed by atoms with E-state index in [-0.39, 0.29) is 24.0 Å². The number of methoxy groups -OCH3 is 1. The third-order valence-electron chi connectivity index (χ3n) is 2.26. The van der Waals surface area contributed by atoms with Gasteiger partial charge in [-0.2, -0.15) is 0 Å². The molecule has 0 aliphatic heterocycles. The number of oxazole rings is 1. The van der Waals surface area contributed by atoms with Crippen LogP contribution in [0.15, 0.2) is 33.2 Å². The summed E-state index contributed by atoms with van der Waals surface area (Å²) in [6.07, 6.45) is 0. The SMILES string of the molecule is COCc1nc(-c2ccc(Br)cc2)oc1C(=O)O. The molecule has 2 rings (SSSR count). The summed E-state index contributed by atoms with van der Waals surface area (Å²) in [6, 6.07) is 7.24. The van der Waals surface area contributed by atoms with Gasteiger partial charge in [0, 0.05) is 17.1 Å². The molecule has 0 unspecified atom stereocenters. The molecule has 0 aliphatic rings. The molecular weight excluding hydrogens is 302 g/mol. The van der Waals surface area contributed by atoms with Gasteiger partial charge in [-0.1, -0.05) is 15.9 Å². The fraction of sp³-hybridized carbons (Fsp3) is 0.167. The molecule has 0 spiro atoms. The summed E-state index contributed by atoms with van der Waals surface area (Å²) in [5.41, 5.74) is 0.992. The minimum atomic E-state index is -1.15. The topological polar surface area (TPSA) is 72.6 Å². The van der Waals surface area contributed by atoms with Crippen molar-refractivity contribution in [3.63, 3.8) is 0 Å². The van der Waals surface area contributed by atoms with Crippen molar-refractivity contribution < 1.29 is 19.1 Å². The number of aromatic nitrogens is 1. The van der Waals surface area contributed by atoms with E-state index in [1.807, 2.05) is 12.1 Å². The molecule has 1 N–H and O–H groups in total. The molecule has 0 aliphatic carbocycles. The van der Waals surface area contributed by atoms with Gasteiger partial charge in [0.15, 0.2) is 0 Å². The summed E-state index contributed by atoms with van der Waals surface area (Å²) in [4.78, 5) is 15.1. The van der Waals surface area contributed by atoms with Gasteiger partial charge in [0.1, 0.15) is 5.69 Å². The molecule has 0 atom stereocenters. The first-order valence-corrected chi connectivity index (χ1v) is 5.89. The van der Waals surface area contributed by atoms with Crippen LogP contribution in [0.5, 0.6) is 0 Å². The van der Waals surface area contributed by atoms with Gasteiger partial charge in [-0.25, -0.2) is 9.78 Å². The Labute approximate surface area is 112 Å². The fourth-order valence-electron chi connectivity index (χ4n) is 1.47. The van der Waals surface area contributed by atoms with E-state index in [2.05, 4.69) is 20.9 Å². The van der Waals surface area contributed by atoms with Crippen LogP contribution in [0.4, 0.5) is 0 Å². The standard InChI is InChI=1S/C12H10BrNO4/c1-17-6-9-10(12(15)16)18-11(14-9)7-2-4-8(13)5-3-7/h2-5H,6H2,1H3,(H,15,16). The van der Waals surface area contributed by atoms with Gasteiger partial charge in [0.05, 0.1) is 6.61 Å². The van der Waals surface area contributed by atoms with Gasteiger partial charge >= 0.3 is 5.97 Å². The first-order valence-electron chi connectivity index (χ1n) is 5.09. The van der Waals surface area contributed by atoms with E-state index in [9.17, 15) is 4.79 Å². The molecule has 0 saturated heterocycles. The summed E-state index contributed by atoms with van der Waals surface area (Å²) in [5, 5.41) is 9.00. The number of hydrogen-bond donors (Lipinski definition) is 1. The van der Waals surface area contributed by atoms with Crippen molar-refractivity contribution >= 4 is 21.9 Å². The van der Waals surface area contributed by atoms with Crippen LogP contribution in [0.25, 0.3) is 11.5 Å². The molecule has 6 heteroatoms. The Kier molecular flexibility index (Phi) is 3.78. The molecule has 94 valence electrons. The number of aromatic carboxylic acids is 1. The van der Waals surface area contributed by atoms with Crippen LogP contribution < -0.4 is 0 Å². The number of nitrogens with zero attached hydrogens (tertiary/aromatic N) is 1. The summed E-state index contributed by atoms with van der Waals surface area (Å²) in [6.45, 7) is 0.0989. The smallest absolute Gasteiger partial charge is 0.373 e. The Balaban J connectivity index is 2.42. The van der Waals surface area contributed by atoms with Gasteiger partial charge in [0.2, 0.25) is 11.7 Å². The Morgan fingerprint density at radius 3 is 2.67 bits per heavy atom. The summed E-state index contributed by atoms with van der Waals surface area (Å²) in [5.74, 6) is -1.07. The van der Waals surface area contributed by atoms with Crippen molar-refractivity contribution in [2.24, 2.45) is 0 Å². The van der Waals surface area contributed by atoms with Crippen molar-refractivity contribution in [1.82, 2.24) is 4.98 Å². The Bertz CT molecular complexity index is 562. The highest BCUT2D eigenvalue weighted by molar-refractivity contribution is 9.10. The molecule has 5 nitrogen and oxygen atoms in total. The number of carboxylic acid groups (broad SMARTS) is 1. The molecule has 18 heavy (non-hydrogen) atoms. The Hall–Kier alpha value is -1.66. The second-order valence-corrected chi connectivity index (χ2v) is 4.46. The van der Waals surface area contributed by atoms with Crippen LogP contribution in [0, 0.1) is 0 Å². The maximum Gasteiger partial charge on any atom is 0.373 e. The van der Waals surface area contributed by atoms with Crippen LogP contribution in [0.1, 0.15) is 16.2 Å². The van der Waals surface area contributed by atoms with E-state index in [0.717, 1.165) is 4.47 Å². The van der Waals surface area contributed by atoms with Crippen molar-refractivity contribution in [3.05, 3.63) is 40.2 Å². The zero-order valence-corrected chi connectivity index (χ0v) is 11.1. The lowest BCUT2D eigenvalue weighted by Crippen LogP contribution is -2.00. The number of carboxylic acids is 1. The lowest BCUT2D eigenvalue weighted by atomic mass is 10.2. The lowest BCUT2D eigenvalue weighted by Gasteiger charge is -1.94. The van der Waals surface area contributed by atoms with E-state index in [1.165, 1.54) is 7.11 Å². The minimum Gasteiger partial charge on any atom is -0.475 e. The van der Waals surface area contributed by atoms with Crippen molar-refractivity contribution in [3.8, 4) is 11.5 Å². The molecule has 1 heterocycles. The van der Waals surface area contributed by atoms with Gasteiger partial charge in [-0.15, -0.1) is 0 Å². The number of carbonyl (C=O) groups is 1. The normalized spacial score (nSPS) is 10.6. The molecule has 1 aromatic carbocycles. The summed E-state index contributed by atoms with van der Waals surface area (Å²) < 4.78 is 11.1. The third-order valence-corrected chi connectivity index (χ3v) is 2.79. The van der Waals surface area contributed by atoms with Crippen molar-refractivity contribution in [1.29, 1.82) is 0 Å². The van der Waals surface area contributed by atoms with Gasteiger partial charge in [-0.05, 0) is 24.3 Å². The maximum atomic E-state index is 11.0. The molecule has 0 radical (unpaired) electrons. The highest BCUT2D eigenvalue weighted by Gasteiger charge is 2.20. The van der Waals surface area contributed by atoms with E-state index in [1.54, 1.807) is 12.1 Å². The number of benzene rings is 1. The second kappa shape index (κ2) is 5.32. The lowest BCUT2D eigenvalue weighted by molar-refractivity contribution is 0.0656. The van der Waals surface area contributed by atoms with Crippen LogP contribution in [-0.2, 0) is 11.3 Å². The van der Waals surface area contributed by atoms with Gasteiger partial charge < -0.3 is 14.3 Å². The number of ether oxygens (including phenoxy) is 1. The Morgan fingerprint density at radius 2 is 2.11 bits per heavy atom. The number of rotatable bonds is 4. The highest BCUT2D eigenvalue weighted by atomic mass is 79.9. The highest BCUT2D eigenvalue weighted by Crippen LogP contribution is 2.24. The second-order valence-electron chi connectivity index (χ2n) is 3.54. The third kappa shape index (κ3) is 2.60. The number of halogens is 1. The first-order chi connectivity index (χ1) is 8.61. The molecule has 1 aromatic heterocycles. The van der Waals surface area contributed by atoms with E-state index >= 15 is 0 Å². The van der Waals surface area contributed by atoms with Crippen LogP contribution in [0.2, 0.25) is 0 Å². The average Bonchev–Trinajstić information content (AvgIpc) is 2.75. The van der Waals surface area contributed by atoms with Crippen LogP contribution in [0.3, 0.4) is 0 Å². The van der Waals surface area contributed by atoms with Crippen molar-refractivity contribution in [2.45, 2.75) is 6.61 Å². The zero-order chi connectivity index (χ0) is 13.1. The predicted octanol–water partition coefficient (Wildman–Crippen LogP) is 2.95. The van der Waals surface area contributed by atoms with Crippen LogP contribution in [-0.4, -0.2) is 23.2 Å². The van der Waals surface area contributed by atoms with Crippen LogP contribution >= 0.6 is 15.9 Å². The van der Waals surface area contributed by atoms with Crippen molar-refractivity contribution in [2.75, 3.05) is 7.11 Å². The monoisotopic (exact) mass is 311 g/mol. The summed E-state index contributed by atoms with van der Waals surface area (Å²) >= 11 is 3.32. The van der Waals surface area contributed by atoms with E-state index in [0.29, 0.717) is 5.56 Å². The number of hydrogen-bond acceptors (Lipinski definition) is 4. The van der Waals surface area contributed by atoms with E-state index < -0.39 is 5.97 Å². The fourth-order valence-corrected chi connectivity index (χ4v) is 1.73. The molecule has 0 bridgehead atoms. The van der Waals surface area contributed by atoms with E-state index in [4.69, 9.17) is 14.3 Å². The first kappa shape index (κ1) is 12.8. The zero-order valence-electron chi connectivity index (χ0n) is 9.51. The molecule has 0 fully saturated rings. The predicted molar refractivity (Wildman–Crippen MR) is 67.3 cm³/mol.